The monoisotopic (exact) mass is 723 g/mol. The van der Waals surface area contributed by atoms with Gasteiger partial charge in [0.05, 0.1) is 22.5 Å². The van der Waals surface area contributed by atoms with Crippen molar-refractivity contribution in [3.05, 3.63) is 57.2 Å². The van der Waals surface area contributed by atoms with E-state index in [-0.39, 0.29) is 52.7 Å². The molecule has 5 rings (SSSR count). The van der Waals surface area contributed by atoms with Crippen molar-refractivity contribution in [2.24, 2.45) is 45.3 Å². The van der Waals surface area contributed by atoms with E-state index in [1.165, 1.54) is 19.1 Å². The van der Waals surface area contributed by atoms with E-state index >= 15 is 0 Å². The van der Waals surface area contributed by atoms with Crippen LogP contribution in [0.5, 0.6) is 0 Å². The van der Waals surface area contributed by atoms with Crippen LogP contribution in [0, 0.1) is 55.4 Å². The molecule has 4 fully saturated rings. The summed E-state index contributed by atoms with van der Waals surface area (Å²) < 4.78 is 17.0. The highest BCUT2D eigenvalue weighted by molar-refractivity contribution is 5.90. The van der Waals surface area contributed by atoms with Crippen molar-refractivity contribution in [2.75, 3.05) is 6.79 Å². The molecule has 0 aromatic heterocycles. The second kappa shape index (κ2) is 14.7. The summed E-state index contributed by atoms with van der Waals surface area (Å²) in [4.78, 5) is 49.9. The number of hydrogen-bond donors (Lipinski definition) is 2. The minimum absolute atomic E-state index is 0.0106. The Bertz CT molecular complexity index is 1610. The number of nitro groups is 1. The molecule has 0 unspecified atom stereocenters. The summed E-state index contributed by atoms with van der Waals surface area (Å²) in [7, 11) is 0. The third-order valence-corrected chi connectivity index (χ3v) is 13.6. The summed E-state index contributed by atoms with van der Waals surface area (Å²) in [6.07, 6.45) is 6.69. The quantitative estimate of drug-likeness (QED) is 0.0868. The molecule has 0 aliphatic heterocycles. The third-order valence-electron chi connectivity index (χ3n) is 13.6. The van der Waals surface area contributed by atoms with Crippen LogP contribution in [0.15, 0.2) is 41.5 Å². The van der Waals surface area contributed by atoms with E-state index in [2.05, 4.69) is 27.7 Å². The maximum Gasteiger partial charge on any atom is 0.336 e. The normalized spacial score (nSPS) is 36.6. The van der Waals surface area contributed by atoms with Crippen LogP contribution in [-0.4, -0.2) is 58.1 Å². The molecule has 4 aliphatic carbocycles. The maximum atomic E-state index is 14.1. The standard InChI is InChI=1S/C41H57NO10/c1-24-29-17-20-40(7)35(39(29,6)19-18-31(24)44)32(45)21-30-34(33(52-25(2)43)22-41(30,40)8)28(36(46)50-23-51-37(47)38(3,4)5)12-10-9-11-26-13-15-27(16-14-26)42(48)49/h9,11,13-16,24,29-33,35,44-45H,10,12,17-23H2,1-8H3/b11-9+,34-28-/t24-,29-,30-,31+,32+,33-,35-,39-,40-,41-/m0/s1. The summed E-state index contributed by atoms with van der Waals surface area (Å²) in [5.74, 6) is -1.61. The van der Waals surface area contributed by atoms with Crippen LogP contribution in [0.4, 0.5) is 5.69 Å². The van der Waals surface area contributed by atoms with E-state index in [1.807, 2.05) is 12.2 Å². The first-order valence-corrected chi connectivity index (χ1v) is 18.8. The molecule has 0 amide bonds. The average molecular weight is 724 g/mol. The molecule has 11 nitrogen and oxygen atoms in total. The fraction of sp³-hybridized carbons (Fsp3) is 0.683. The molecule has 10 atom stereocenters. The van der Waals surface area contributed by atoms with Gasteiger partial charge in [-0.15, -0.1) is 0 Å². The van der Waals surface area contributed by atoms with E-state index in [0.29, 0.717) is 36.8 Å². The summed E-state index contributed by atoms with van der Waals surface area (Å²) in [5.41, 5.74) is -0.0547. The highest BCUT2D eigenvalue weighted by atomic mass is 16.7. The number of aliphatic hydroxyl groups excluding tert-OH is 2. The topological polar surface area (TPSA) is 162 Å². The van der Waals surface area contributed by atoms with Gasteiger partial charge in [0.1, 0.15) is 6.10 Å². The van der Waals surface area contributed by atoms with Gasteiger partial charge in [0, 0.05) is 24.6 Å². The van der Waals surface area contributed by atoms with E-state index in [4.69, 9.17) is 14.2 Å². The van der Waals surface area contributed by atoms with Crippen LogP contribution >= 0.6 is 0 Å². The summed E-state index contributed by atoms with van der Waals surface area (Å²) in [6.45, 7) is 14.8. The Balaban J connectivity index is 1.53. The van der Waals surface area contributed by atoms with Gasteiger partial charge in [-0.3, -0.25) is 19.7 Å². The molecule has 1 aromatic rings. The lowest BCUT2D eigenvalue weighted by atomic mass is 9.36. The van der Waals surface area contributed by atoms with Crippen LogP contribution in [0.3, 0.4) is 0 Å². The van der Waals surface area contributed by atoms with Crippen LogP contribution in [-0.2, 0) is 28.6 Å². The lowest BCUT2D eigenvalue weighted by Crippen LogP contribution is -2.65. The molecule has 0 radical (unpaired) electrons. The zero-order chi connectivity index (χ0) is 38.4. The van der Waals surface area contributed by atoms with Gasteiger partial charge in [0.15, 0.2) is 0 Å². The van der Waals surface area contributed by atoms with Gasteiger partial charge in [-0.2, -0.15) is 0 Å². The average Bonchev–Trinajstić information content (AvgIpc) is 3.33. The van der Waals surface area contributed by atoms with Crippen molar-refractivity contribution >= 4 is 29.7 Å². The fourth-order valence-electron chi connectivity index (χ4n) is 10.9. The van der Waals surface area contributed by atoms with Gasteiger partial charge in [0.25, 0.3) is 5.69 Å². The van der Waals surface area contributed by atoms with Gasteiger partial charge in [0.2, 0.25) is 6.79 Å². The number of aliphatic hydroxyl groups is 2. The molecule has 286 valence electrons. The molecule has 11 heteroatoms. The van der Waals surface area contributed by atoms with Crippen molar-refractivity contribution in [2.45, 2.75) is 125 Å². The number of hydrogen-bond acceptors (Lipinski definition) is 10. The molecule has 4 aliphatic rings. The van der Waals surface area contributed by atoms with E-state index in [1.54, 1.807) is 32.9 Å². The smallest absolute Gasteiger partial charge is 0.336 e. The molecule has 1 aromatic carbocycles. The predicted molar refractivity (Wildman–Crippen MR) is 194 cm³/mol. The molecule has 2 N–H and O–H groups in total. The molecule has 0 heterocycles. The Morgan fingerprint density at radius 1 is 1.00 bits per heavy atom. The number of allylic oxidation sites excluding steroid dienone is 1. The highest BCUT2D eigenvalue weighted by Gasteiger charge is 2.70. The van der Waals surface area contributed by atoms with Crippen molar-refractivity contribution in [3.8, 4) is 0 Å². The number of non-ortho nitro benzene ring substituents is 1. The lowest BCUT2D eigenvalue weighted by Gasteiger charge is -2.69. The first-order chi connectivity index (χ1) is 24.2. The zero-order valence-corrected chi connectivity index (χ0v) is 32.0. The van der Waals surface area contributed by atoms with Gasteiger partial charge in [-0.05, 0) is 135 Å². The molecular formula is C41H57NO10. The Kier molecular flexibility index (Phi) is 11.2. The van der Waals surface area contributed by atoms with Crippen molar-refractivity contribution < 1.29 is 43.7 Å². The summed E-state index contributed by atoms with van der Waals surface area (Å²) in [5, 5.41) is 34.2. The molecule has 0 bridgehead atoms. The number of fused-ring (bicyclic) bond motifs is 5. The Morgan fingerprint density at radius 2 is 1.67 bits per heavy atom. The minimum Gasteiger partial charge on any atom is -0.458 e. The Hall–Kier alpha value is -3.57. The molecule has 4 saturated carbocycles. The number of ether oxygens (including phenoxy) is 3. The number of carbonyl (C=O) groups excluding carboxylic acids is 3. The fourth-order valence-corrected chi connectivity index (χ4v) is 10.9. The zero-order valence-electron chi connectivity index (χ0n) is 32.0. The molecule has 0 spiro atoms. The summed E-state index contributed by atoms with van der Waals surface area (Å²) in [6, 6.07) is 6.15. The molecular weight excluding hydrogens is 666 g/mol. The highest BCUT2D eigenvalue weighted by Crippen LogP contribution is 2.74. The maximum absolute atomic E-state index is 14.1. The van der Waals surface area contributed by atoms with E-state index in [9.17, 15) is 34.7 Å². The number of rotatable bonds is 9. The predicted octanol–water partition coefficient (Wildman–Crippen LogP) is 7.33. The molecule has 0 saturated heterocycles. The minimum atomic E-state index is -0.794. The number of benzene rings is 1. The lowest BCUT2D eigenvalue weighted by molar-refractivity contribution is -0.384. The van der Waals surface area contributed by atoms with Gasteiger partial charge in [-0.1, -0.05) is 39.8 Å². The third kappa shape index (κ3) is 7.19. The number of nitro benzene ring substituents is 1. The van der Waals surface area contributed by atoms with Gasteiger partial charge < -0.3 is 24.4 Å². The summed E-state index contributed by atoms with van der Waals surface area (Å²) >= 11 is 0. The van der Waals surface area contributed by atoms with Crippen LogP contribution in [0.25, 0.3) is 6.08 Å². The van der Waals surface area contributed by atoms with Crippen LogP contribution < -0.4 is 0 Å². The largest absolute Gasteiger partial charge is 0.458 e. The van der Waals surface area contributed by atoms with Crippen molar-refractivity contribution in [3.63, 3.8) is 0 Å². The second-order valence-corrected chi connectivity index (χ2v) is 17.5. The van der Waals surface area contributed by atoms with Gasteiger partial charge >= 0.3 is 17.9 Å². The SMILES string of the molecule is CC(=O)O[C@H]1C[C@@]2(C)[C@@H](C[C@@H](O)[C@H]3[C@@]4(C)CC[C@@H](O)[C@@H](C)[C@@H]4CC[C@@]32C)/C1=C(\CC/C=C/c1ccc([N+](=O)[O-])cc1)C(=O)OCOC(=O)C(C)(C)C. The van der Waals surface area contributed by atoms with Crippen molar-refractivity contribution in [1.29, 1.82) is 0 Å². The molecule has 52 heavy (non-hydrogen) atoms. The first kappa shape index (κ1) is 39.6. The van der Waals surface area contributed by atoms with E-state index in [0.717, 1.165) is 24.8 Å². The van der Waals surface area contributed by atoms with E-state index < -0.39 is 52.7 Å². The Labute approximate surface area is 307 Å². The first-order valence-electron chi connectivity index (χ1n) is 18.8. The number of carbonyl (C=O) groups is 3. The van der Waals surface area contributed by atoms with Crippen LogP contribution in [0.2, 0.25) is 0 Å². The number of nitrogens with zero attached hydrogens (tertiary/aromatic N) is 1. The van der Waals surface area contributed by atoms with Crippen molar-refractivity contribution in [1.82, 2.24) is 0 Å². The Morgan fingerprint density at radius 3 is 2.29 bits per heavy atom. The van der Waals surface area contributed by atoms with Crippen LogP contribution in [0.1, 0.15) is 112 Å². The van der Waals surface area contributed by atoms with Gasteiger partial charge in [-0.25, -0.2) is 4.79 Å². The number of esters is 3. The second-order valence-electron chi connectivity index (χ2n) is 17.5.